The summed E-state index contributed by atoms with van der Waals surface area (Å²) in [4.78, 5) is 11.0. The number of carbonyl (C=O) groups is 1. The average Bonchev–Trinajstić information content (AvgIpc) is 3.24. The zero-order valence-corrected chi connectivity index (χ0v) is 13.3. The molecule has 1 aromatic rings. The number of ether oxygens (including phenoxy) is 2. The van der Waals surface area contributed by atoms with E-state index in [2.05, 4.69) is 6.92 Å². The first kappa shape index (κ1) is 16.0. The first-order valence-electron chi connectivity index (χ1n) is 7.16. The van der Waals surface area contributed by atoms with Gasteiger partial charge in [-0.1, -0.05) is 18.5 Å². The minimum absolute atomic E-state index is 0.182. The Kier molecular flexibility index (Phi) is 4.99. The van der Waals surface area contributed by atoms with Crippen molar-refractivity contribution in [1.82, 2.24) is 0 Å². The lowest BCUT2D eigenvalue weighted by molar-refractivity contribution is -0.138. The molecule has 1 aliphatic rings. The Morgan fingerprint density at radius 3 is 2.52 bits per heavy atom. The smallest absolute Gasteiger partial charge is 0.306 e. The second-order valence-corrected chi connectivity index (χ2v) is 5.92. The summed E-state index contributed by atoms with van der Waals surface area (Å²) in [5.74, 6) is 0.974. The summed E-state index contributed by atoms with van der Waals surface area (Å²) in [7, 11) is 3.19. The van der Waals surface area contributed by atoms with Gasteiger partial charge in [-0.15, -0.1) is 0 Å². The molecule has 116 valence electrons. The molecule has 0 heterocycles. The first-order valence-corrected chi connectivity index (χ1v) is 7.53. The maximum absolute atomic E-state index is 11.0. The number of aliphatic carboxylic acids is 1. The molecular formula is C16H21ClO4. The van der Waals surface area contributed by atoms with Gasteiger partial charge in [-0.05, 0) is 42.7 Å². The molecule has 4 nitrogen and oxygen atoms in total. The molecule has 1 N–H and O–H groups in total. The molecule has 1 aliphatic carbocycles. The van der Waals surface area contributed by atoms with Gasteiger partial charge in [0.15, 0.2) is 0 Å². The lowest BCUT2D eigenvalue weighted by Gasteiger charge is -2.20. The van der Waals surface area contributed by atoms with Crippen LogP contribution in [0.3, 0.4) is 0 Å². The molecule has 0 aromatic heterocycles. The SMILES string of the molecule is CCC(CC1CC1C(=O)O)c1cc(Cl)c(OC)cc1OC. The molecule has 0 saturated heterocycles. The zero-order valence-electron chi connectivity index (χ0n) is 12.6. The third-order valence-electron chi connectivity index (χ3n) is 4.26. The predicted molar refractivity (Wildman–Crippen MR) is 81.4 cm³/mol. The zero-order chi connectivity index (χ0) is 15.6. The van der Waals surface area contributed by atoms with E-state index in [4.69, 9.17) is 26.2 Å². The Labute approximate surface area is 130 Å². The highest BCUT2D eigenvalue weighted by Crippen LogP contribution is 2.48. The Morgan fingerprint density at radius 2 is 2.05 bits per heavy atom. The van der Waals surface area contributed by atoms with Gasteiger partial charge in [-0.3, -0.25) is 4.79 Å². The second-order valence-electron chi connectivity index (χ2n) is 5.51. The third kappa shape index (κ3) is 3.43. The van der Waals surface area contributed by atoms with E-state index in [-0.39, 0.29) is 17.8 Å². The van der Waals surface area contributed by atoms with Gasteiger partial charge >= 0.3 is 5.97 Å². The summed E-state index contributed by atoms with van der Waals surface area (Å²) in [5, 5.41) is 9.58. The number of methoxy groups -OCH3 is 2. The molecule has 3 unspecified atom stereocenters. The van der Waals surface area contributed by atoms with Crippen LogP contribution in [-0.2, 0) is 4.79 Å². The lowest BCUT2D eigenvalue weighted by atomic mass is 9.89. The molecule has 1 saturated carbocycles. The number of hydrogen-bond acceptors (Lipinski definition) is 3. The van der Waals surface area contributed by atoms with E-state index >= 15 is 0 Å². The molecular weight excluding hydrogens is 292 g/mol. The molecule has 0 aliphatic heterocycles. The van der Waals surface area contributed by atoms with Crippen LogP contribution in [0.5, 0.6) is 11.5 Å². The van der Waals surface area contributed by atoms with Gasteiger partial charge in [0.05, 0.1) is 25.2 Å². The van der Waals surface area contributed by atoms with E-state index in [1.807, 2.05) is 6.07 Å². The van der Waals surface area contributed by atoms with E-state index in [0.29, 0.717) is 10.8 Å². The first-order chi connectivity index (χ1) is 10.0. The monoisotopic (exact) mass is 312 g/mol. The standard InChI is InChI=1S/C16H21ClO4/c1-4-9(5-10-6-12(10)16(18)19)11-7-13(17)15(21-3)8-14(11)20-2/h7-10,12H,4-6H2,1-3H3,(H,18,19). The van der Waals surface area contributed by atoms with Gasteiger partial charge in [0.25, 0.3) is 0 Å². The molecule has 0 spiro atoms. The number of hydrogen-bond donors (Lipinski definition) is 1. The average molecular weight is 313 g/mol. The molecule has 0 bridgehead atoms. The largest absolute Gasteiger partial charge is 0.496 e. The molecule has 5 heteroatoms. The van der Waals surface area contributed by atoms with Crippen molar-refractivity contribution in [2.24, 2.45) is 11.8 Å². The van der Waals surface area contributed by atoms with Crippen molar-refractivity contribution in [3.8, 4) is 11.5 Å². The molecule has 1 aromatic carbocycles. The summed E-state index contributed by atoms with van der Waals surface area (Å²) >= 11 is 6.22. The van der Waals surface area contributed by atoms with Gasteiger partial charge in [0.2, 0.25) is 0 Å². The Morgan fingerprint density at radius 1 is 1.38 bits per heavy atom. The number of benzene rings is 1. The molecule has 2 rings (SSSR count). The fourth-order valence-electron chi connectivity index (χ4n) is 2.89. The molecule has 0 amide bonds. The summed E-state index contributed by atoms with van der Waals surface area (Å²) in [6.45, 7) is 2.10. The van der Waals surface area contributed by atoms with Crippen molar-refractivity contribution in [1.29, 1.82) is 0 Å². The highest BCUT2D eigenvalue weighted by atomic mass is 35.5. The van der Waals surface area contributed by atoms with Gasteiger partial charge < -0.3 is 14.6 Å². The number of rotatable bonds is 7. The van der Waals surface area contributed by atoms with Gasteiger partial charge in [0, 0.05) is 6.07 Å². The molecule has 21 heavy (non-hydrogen) atoms. The van der Waals surface area contributed by atoms with Crippen LogP contribution in [-0.4, -0.2) is 25.3 Å². The van der Waals surface area contributed by atoms with E-state index in [1.165, 1.54) is 0 Å². The van der Waals surface area contributed by atoms with Crippen LogP contribution in [0.25, 0.3) is 0 Å². The van der Waals surface area contributed by atoms with Crippen LogP contribution in [0.4, 0.5) is 0 Å². The lowest BCUT2D eigenvalue weighted by Crippen LogP contribution is -2.06. The highest BCUT2D eigenvalue weighted by molar-refractivity contribution is 6.32. The minimum atomic E-state index is -0.686. The van der Waals surface area contributed by atoms with E-state index in [0.717, 1.165) is 30.6 Å². The fourth-order valence-corrected chi connectivity index (χ4v) is 3.14. The Hall–Kier alpha value is -1.42. The maximum Gasteiger partial charge on any atom is 0.306 e. The molecule has 3 atom stereocenters. The van der Waals surface area contributed by atoms with Crippen molar-refractivity contribution in [2.75, 3.05) is 14.2 Å². The van der Waals surface area contributed by atoms with Crippen molar-refractivity contribution >= 4 is 17.6 Å². The highest BCUT2D eigenvalue weighted by Gasteiger charge is 2.44. The molecule has 0 radical (unpaired) electrons. The van der Waals surface area contributed by atoms with Crippen LogP contribution in [0, 0.1) is 11.8 Å². The number of carboxylic acid groups (broad SMARTS) is 1. The van der Waals surface area contributed by atoms with Crippen molar-refractivity contribution in [2.45, 2.75) is 32.1 Å². The fraction of sp³-hybridized carbons (Fsp3) is 0.562. The van der Waals surface area contributed by atoms with E-state index < -0.39 is 5.97 Å². The summed E-state index contributed by atoms with van der Waals surface area (Å²) in [6, 6.07) is 3.67. The van der Waals surface area contributed by atoms with Crippen LogP contribution >= 0.6 is 11.6 Å². The third-order valence-corrected chi connectivity index (χ3v) is 4.56. The Balaban J connectivity index is 2.21. The summed E-state index contributed by atoms with van der Waals surface area (Å²) in [6.07, 6.45) is 2.55. The van der Waals surface area contributed by atoms with Gasteiger partial charge in [0.1, 0.15) is 11.5 Å². The second kappa shape index (κ2) is 6.56. The minimum Gasteiger partial charge on any atom is -0.496 e. The van der Waals surface area contributed by atoms with Crippen molar-refractivity contribution in [3.05, 3.63) is 22.7 Å². The van der Waals surface area contributed by atoms with E-state index in [1.54, 1.807) is 20.3 Å². The number of carboxylic acids is 1. The Bertz CT molecular complexity index is 529. The predicted octanol–water partition coefficient (Wildman–Crippen LogP) is 3.96. The normalized spacial score (nSPS) is 21.7. The molecule has 1 fully saturated rings. The maximum atomic E-state index is 11.0. The van der Waals surface area contributed by atoms with Crippen molar-refractivity contribution < 1.29 is 19.4 Å². The summed E-state index contributed by atoms with van der Waals surface area (Å²) in [5.41, 5.74) is 1.03. The van der Waals surface area contributed by atoms with Crippen LogP contribution in [0.1, 0.15) is 37.7 Å². The van der Waals surface area contributed by atoms with Gasteiger partial charge in [-0.25, -0.2) is 0 Å². The topological polar surface area (TPSA) is 55.8 Å². The number of halogens is 1. The summed E-state index contributed by atoms with van der Waals surface area (Å²) < 4.78 is 10.7. The van der Waals surface area contributed by atoms with E-state index in [9.17, 15) is 4.79 Å². The van der Waals surface area contributed by atoms with Gasteiger partial charge in [-0.2, -0.15) is 0 Å². The quantitative estimate of drug-likeness (QED) is 0.828. The van der Waals surface area contributed by atoms with Crippen molar-refractivity contribution in [3.63, 3.8) is 0 Å². The van der Waals surface area contributed by atoms with Crippen LogP contribution < -0.4 is 9.47 Å². The van der Waals surface area contributed by atoms with Crippen LogP contribution in [0.2, 0.25) is 5.02 Å². The van der Waals surface area contributed by atoms with Crippen LogP contribution in [0.15, 0.2) is 12.1 Å².